The number of hydrogen-bond donors (Lipinski definition) is 1. The lowest BCUT2D eigenvalue weighted by atomic mass is 10.0. The van der Waals surface area contributed by atoms with Gasteiger partial charge in [0.2, 0.25) is 5.91 Å². The van der Waals surface area contributed by atoms with Crippen molar-refractivity contribution in [1.29, 1.82) is 0 Å². The molecule has 2 aromatic rings. The van der Waals surface area contributed by atoms with Crippen molar-refractivity contribution >= 4 is 5.91 Å². The fourth-order valence-electron chi connectivity index (χ4n) is 3.16. The zero-order chi connectivity index (χ0) is 17.6. The Morgan fingerprint density at radius 3 is 2.60 bits per heavy atom. The second-order valence-corrected chi connectivity index (χ2v) is 6.29. The van der Waals surface area contributed by atoms with Crippen molar-refractivity contribution < 1.29 is 19.0 Å². The number of rotatable bonds is 6. The van der Waals surface area contributed by atoms with Gasteiger partial charge in [0.15, 0.2) is 0 Å². The van der Waals surface area contributed by atoms with E-state index in [0.29, 0.717) is 26.2 Å². The summed E-state index contributed by atoms with van der Waals surface area (Å²) in [6.45, 7) is 1.11. The van der Waals surface area contributed by atoms with Gasteiger partial charge in [-0.3, -0.25) is 4.79 Å². The number of aliphatic hydroxyl groups is 1. The molecule has 0 aromatic heterocycles. The number of nitrogens with zero attached hydrogens (tertiary/aromatic N) is 1. The van der Waals surface area contributed by atoms with Gasteiger partial charge in [-0.25, -0.2) is 4.39 Å². The average Bonchev–Trinajstić information content (AvgIpc) is 3.02. The number of carbonyl (C=O) groups is 1. The predicted octanol–water partition coefficient (Wildman–Crippen LogP) is 3.07. The van der Waals surface area contributed by atoms with Crippen LogP contribution in [0.25, 0.3) is 0 Å². The van der Waals surface area contributed by atoms with Crippen LogP contribution < -0.4 is 0 Å². The van der Waals surface area contributed by atoms with Crippen molar-refractivity contribution in [3.63, 3.8) is 0 Å². The normalized spacial score (nSPS) is 20.0. The van der Waals surface area contributed by atoms with E-state index >= 15 is 0 Å². The van der Waals surface area contributed by atoms with Crippen LogP contribution >= 0.6 is 0 Å². The summed E-state index contributed by atoms with van der Waals surface area (Å²) in [5.74, 6) is -0.367. The third-order valence-electron chi connectivity index (χ3n) is 4.43. The summed E-state index contributed by atoms with van der Waals surface area (Å²) in [5, 5.41) is 9.96. The van der Waals surface area contributed by atoms with Crippen LogP contribution in [0.5, 0.6) is 0 Å². The first-order chi connectivity index (χ1) is 12.1. The van der Waals surface area contributed by atoms with Crippen LogP contribution in [0.15, 0.2) is 54.6 Å². The van der Waals surface area contributed by atoms with Crippen molar-refractivity contribution in [1.82, 2.24) is 4.90 Å². The molecular weight excluding hydrogens is 321 g/mol. The standard InChI is InChI=1S/C20H22FNO3/c21-17-8-6-16(7-9-17)19-12-18(23)13-22(19)20(24)10-11-25-14-15-4-2-1-3-5-15/h1-9,18-19,23H,10-14H2/t18-,19+/m0/s1. The smallest absolute Gasteiger partial charge is 0.225 e. The minimum atomic E-state index is -0.552. The predicted molar refractivity (Wildman–Crippen MR) is 92.2 cm³/mol. The maximum Gasteiger partial charge on any atom is 0.225 e. The highest BCUT2D eigenvalue weighted by molar-refractivity contribution is 5.77. The summed E-state index contributed by atoms with van der Waals surface area (Å²) in [4.78, 5) is 14.2. The van der Waals surface area contributed by atoms with Crippen LogP contribution in [0, 0.1) is 5.82 Å². The second kappa shape index (κ2) is 8.23. The van der Waals surface area contributed by atoms with Crippen molar-refractivity contribution in [2.45, 2.75) is 31.6 Å². The highest BCUT2D eigenvalue weighted by Gasteiger charge is 2.34. The largest absolute Gasteiger partial charge is 0.391 e. The van der Waals surface area contributed by atoms with E-state index in [2.05, 4.69) is 0 Å². The summed E-state index contributed by atoms with van der Waals surface area (Å²) < 4.78 is 18.7. The molecule has 1 N–H and O–H groups in total. The van der Waals surface area contributed by atoms with Gasteiger partial charge >= 0.3 is 0 Å². The molecular formula is C20H22FNO3. The molecule has 1 aliphatic heterocycles. The first-order valence-electron chi connectivity index (χ1n) is 8.48. The first-order valence-corrected chi connectivity index (χ1v) is 8.48. The first kappa shape index (κ1) is 17.6. The Morgan fingerprint density at radius 1 is 1.16 bits per heavy atom. The highest BCUT2D eigenvalue weighted by atomic mass is 19.1. The van der Waals surface area contributed by atoms with Crippen molar-refractivity contribution in [3.8, 4) is 0 Å². The van der Waals surface area contributed by atoms with Gasteiger partial charge in [-0.1, -0.05) is 42.5 Å². The molecule has 1 aliphatic rings. The number of hydrogen-bond acceptors (Lipinski definition) is 3. The molecule has 5 heteroatoms. The van der Waals surface area contributed by atoms with Crippen molar-refractivity contribution in [3.05, 3.63) is 71.5 Å². The summed E-state index contributed by atoms with van der Waals surface area (Å²) in [5.41, 5.74) is 1.91. The van der Waals surface area contributed by atoms with E-state index in [1.165, 1.54) is 12.1 Å². The molecule has 0 spiro atoms. The summed E-state index contributed by atoms with van der Waals surface area (Å²) >= 11 is 0. The Bertz CT molecular complexity index is 690. The molecule has 0 radical (unpaired) electrons. The van der Waals surface area contributed by atoms with Gasteiger partial charge in [-0.2, -0.15) is 0 Å². The van der Waals surface area contributed by atoms with Gasteiger partial charge in [0.05, 0.1) is 31.8 Å². The molecule has 1 amide bonds. The van der Waals surface area contributed by atoms with E-state index in [9.17, 15) is 14.3 Å². The molecule has 3 rings (SSSR count). The molecule has 0 saturated carbocycles. The fraction of sp³-hybridized carbons (Fsp3) is 0.350. The third-order valence-corrected chi connectivity index (χ3v) is 4.43. The third kappa shape index (κ3) is 4.65. The van der Waals surface area contributed by atoms with E-state index in [1.54, 1.807) is 17.0 Å². The average molecular weight is 343 g/mol. The maximum atomic E-state index is 13.1. The van der Waals surface area contributed by atoms with Crippen molar-refractivity contribution in [2.24, 2.45) is 0 Å². The molecule has 0 unspecified atom stereocenters. The molecule has 1 heterocycles. The van der Waals surface area contributed by atoms with E-state index in [4.69, 9.17) is 4.74 Å². The number of likely N-dealkylation sites (tertiary alicyclic amines) is 1. The number of aliphatic hydroxyl groups excluding tert-OH is 1. The van der Waals surface area contributed by atoms with E-state index in [1.807, 2.05) is 30.3 Å². The Balaban J connectivity index is 1.53. The minimum Gasteiger partial charge on any atom is -0.391 e. The fourth-order valence-corrected chi connectivity index (χ4v) is 3.16. The van der Waals surface area contributed by atoms with Crippen LogP contribution in [0.2, 0.25) is 0 Å². The van der Waals surface area contributed by atoms with Gasteiger partial charge in [0, 0.05) is 6.54 Å². The van der Waals surface area contributed by atoms with Gasteiger partial charge < -0.3 is 14.7 Å². The summed E-state index contributed by atoms with van der Waals surface area (Å²) in [6.07, 6.45) is 0.184. The molecule has 2 aromatic carbocycles. The molecule has 0 aliphatic carbocycles. The van der Waals surface area contributed by atoms with Gasteiger partial charge in [-0.05, 0) is 29.7 Å². The maximum absolute atomic E-state index is 13.1. The SMILES string of the molecule is O=C(CCOCc1ccccc1)N1C[C@@H](O)C[C@@H]1c1ccc(F)cc1. The molecule has 25 heavy (non-hydrogen) atoms. The van der Waals surface area contributed by atoms with Crippen LogP contribution in [0.1, 0.15) is 30.0 Å². The Kier molecular flexibility index (Phi) is 5.79. The Hall–Kier alpha value is -2.24. The topological polar surface area (TPSA) is 49.8 Å². The van der Waals surface area contributed by atoms with Crippen LogP contribution in [-0.4, -0.2) is 35.2 Å². The molecule has 4 nitrogen and oxygen atoms in total. The van der Waals surface area contributed by atoms with Crippen molar-refractivity contribution in [2.75, 3.05) is 13.2 Å². The zero-order valence-corrected chi connectivity index (χ0v) is 14.0. The molecule has 1 saturated heterocycles. The second-order valence-electron chi connectivity index (χ2n) is 6.29. The van der Waals surface area contributed by atoms with Crippen LogP contribution in [-0.2, 0) is 16.1 Å². The number of benzene rings is 2. The number of β-amino-alcohol motifs (C(OH)–C–C–N with tert-alkyl or cyclic N) is 1. The molecule has 1 fully saturated rings. The van der Waals surface area contributed by atoms with E-state index < -0.39 is 6.10 Å². The van der Waals surface area contributed by atoms with E-state index in [-0.39, 0.29) is 24.2 Å². The summed E-state index contributed by atoms with van der Waals surface area (Å²) in [6, 6.07) is 15.7. The van der Waals surface area contributed by atoms with Gasteiger partial charge in [0.25, 0.3) is 0 Å². The minimum absolute atomic E-state index is 0.0565. The molecule has 132 valence electrons. The lowest BCUT2D eigenvalue weighted by Crippen LogP contribution is -2.32. The number of ether oxygens (including phenoxy) is 1. The van der Waals surface area contributed by atoms with Crippen LogP contribution in [0.3, 0.4) is 0 Å². The Labute approximate surface area is 146 Å². The number of amides is 1. The van der Waals surface area contributed by atoms with Gasteiger partial charge in [0.1, 0.15) is 5.82 Å². The molecule has 2 atom stereocenters. The number of carbonyl (C=O) groups excluding carboxylic acids is 1. The molecule has 0 bridgehead atoms. The quantitative estimate of drug-likeness (QED) is 0.820. The zero-order valence-electron chi connectivity index (χ0n) is 14.0. The van der Waals surface area contributed by atoms with E-state index in [0.717, 1.165) is 11.1 Å². The lowest BCUT2D eigenvalue weighted by molar-refractivity contribution is -0.133. The lowest BCUT2D eigenvalue weighted by Gasteiger charge is -2.25. The van der Waals surface area contributed by atoms with Crippen LogP contribution in [0.4, 0.5) is 4.39 Å². The summed E-state index contributed by atoms with van der Waals surface area (Å²) in [7, 11) is 0. The number of halogens is 1. The van der Waals surface area contributed by atoms with Gasteiger partial charge in [-0.15, -0.1) is 0 Å². The highest BCUT2D eigenvalue weighted by Crippen LogP contribution is 2.32. The monoisotopic (exact) mass is 343 g/mol. The Morgan fingerprint density at radius 2 is 1.88 bits per heavy atom.